The van der Waals surface area contributed by atoms with Gasteiger partial charge in [0.05, 0.1) is 16.8 Å². The number of aromatic carboxylic acids is 2. The predicted molar refractivity (Wildman–Crippen MR) is 91.6 cm³/mol. The molecule has 0 aliphatic heterocycles. The van der Waals surface area contributed by atoms with Crippen molar-refractivity contribution in [1.29, 1.82) is 0 Å². The minimum atomic E-state index is -1.22. The fraction of sp³-hybridized carbons (Fsp3) is 0. The second-order valence-corrected chi connectivity index (χ2v) is 4.78. The average Bonchev–Trinajstić information content (AvgIpc) is 2.61. The van der Waals surface area contributed by atoms with Crippen LogP contribution in [0.3, 0.4) is 0 Å². The first-order chi connectivity index (χ1) is 12.4. The minimum absolute atomic E-state index is 0.000105. The molecule has 0 aliphatic carbocycles. The second-order valence-electron chi connectivity index (χ2n) is 4.78. The van der Waals surface area contributed by atoms with Gasteiger partial charge in [0.25, 0.3) is 11.7 Å². The Bertz CT molecular complexity index is 923. The Morgan fingerprint density at radius 2 is 1.46 bits per heavy atom. The summed E-state index contributed by atoms with van der Waals surface area (Å²) in [7, 11) is 0. The first-order valence-corrected chi connectivity index (χ1v) is 7.10. The number of hydrogen-bond acceptors (Lipinski definition) is 6. The summed E-state index contributed by atoms with van der Waals surface area (Å²) in [6, 6.07) is 11.6. The fourth-order valence-electron chi connectivity index (χ4n) is 1.85. The van der Waals surface area contributed by atoms with Crippen LogP contribution in [0.15, 0.2) is 63.9 Å². The maximum atomic E-state index is 11.4. The van der Waals surface area contributed by atoms with Crippen LogP contribution in [0.2, 0.25) is 0 Å². The molecule has 1 amide bonds. The van der Waals surface area contributed by atoms with Gasteiger partial charge in [-0.25, -0.2) is 9.59 Å². The third-order valence-electron chi connectivity index (χ3n) is 3.05. The zero-order chi connectivity index (χ0) is 19.1. The lowest BCUT2D eigenvalue weighted by Crippen LogP contribution is -2.22. The molecule has 0 heterocycles. The van der Waals surface area contributed by atoms with Crippen LogP contribution in [0, 0.1) is 0 Å². The molecule has 0 radical (unpaired) electrons. The molecule has 0 saturated carbocycles. The number of carbonyl (C=O) groups is 3. The number of nitrogens with zero attached hydrogens (tertiary/aromatic N) is 3. The number of carboxylic acid groups (broad SMARTS) is 2. The SMILES string of the molecule is NC(=O)/C(N=Nc1ccccc1C(=O)O)=N/Nc1ccccc1C(=O)O. The van der Waals surface area contributed by atoms with Crippen LogP contribution in [0.25, 0.3) is 0 Å². The number of rotatable bonds is 5. The van der Waals surface area contributed by atoms with E-state index in [-0.39, 0.29) is 22.5 Å². The van der Waals surface area contributed by atoms with Gasteiger partial charge in [0.1, 0.15) is 5.69 Å². The Labute approximate surface area is 146 Å². The number of para-hydroxylation sites is 1. The van der Waals surface area contributed by atoms with Crippen molar-refractivity contribution in [2.24, 2.45) is 21.1 Å². The molecular weight excluding hydrogens is 342 g/mol. The molecular formula is C16H13N5O5. The normalized spacial score (nSPS) is 11.3. The standard InChI is InChI=1S/C16H13N5O5/c17-13(22)14(20-18-11-7-3-1-5-9(11)15(23)24)21-19-12-8-4-2-6-10(12)16(25)26/h1-8,18H,(H2,17,22)(H,23,24)(H,25,26)/b20-14-,21-19?. The molecule has 132 valence electrons. The zero-order valence-corrected chi connectivity index (χ0v) is 13.2. The number of hydrazone groups is 1. The van der Waals surface area contributed by atoms with Crippen LogP contribution in [-0.4, -0.2) is 33.9 Å². The molecule has 0 aromatic heterocycles. The molecule has 0 fully saturated rings. The molecule has 26 heavy (non-hydrogen) atoms. The van der Waals surface area contributed by atoms with Crippen molar-refractivity contribution in [2.75, 3.05) is 5.43 Å². The fourth-order valence-corrected chi connectivity index (χ4v) is 1.85. The van der Waals surface area contributed by atoms with Crippen LogP contribution < -0.4 is 11.2 Å². The van der Waals surface area contributed by atoms with E-state index >= 15 is 0 Å². The molecule has 5 N–H and O–H groups in total. The third kappa shape index (κ3) is 4.47. The van der Waals surface area contributed by atoms with E-state index in [1.165, 1.54) is 36.4 Å². The van der Waals surface area contributed by atoms with Gasteiger partial charge in [-0.2, -0.15) is 0 Å². The second kappa shape index (κ2) is 8.15. The molecule has 2 aromatic carbocycles. The van der Waals surface area contributed by atoms with Gasteiger partial charge in [-0.3, -0.25) is 10.2 Å². The first-order valence-electron chi connectivity index (χ1n) is 7.10. The molecule has 0 atom stereocenters. The van der Waals surface area contributed by atoms with E-state index in [2.05, 4.69) is 20.8 Å². The van der Waals surface area contributed by atoms with Crippen LogP contribution in [0.4, 0.5) is 11.4 Å². The van der Waals surface area contributed by atoms with E-state index in [9.17, 15) is 14.4 Å². The number of amidine groups is 1. The highest BCUT2D eigenvalue weighted by Gasteiger charge is 2.12. The number of amides is 1. The monoisotopic (exact) mass is 355 g/mol. The van der Waals surface area contributed by atoms with Gasteiger partial charge in [-0.15, -0.1) is 15.3 Å². The molecule has 0 aliphatic rings. The van der Waals surface area contributed by atoms with Crippen molar-refractivity contribution in [3.63, 3.8) is 0 Å². The number of azo groups is 1. The Morgan fingerprint density at radius 1 is 0.885 bits per heavy atom. The van der Waals surface area contributed by atoms with Crippen molar-refractivity contribution in [1.82, 2.24) is 0 Å². The van der Waals surface area contributed by atoms with Crippen LogP contribution in [0.1, 0.15) is 20.7 Å². The number of anilines is 1. The van der Waals surface area contributed by atoms with Crippen molar-refractivity contribution in [2.45, 2.75) is 0 Å². The maximum absolute atomic E-state index is 11.4. The topological polar surface area (TPSA) is 167 Å². The number of benzene rings is 2. The predicted octanol–water partition coefficient (Wildman–Crippen LogP) is 2.08. The lowest BCUT2D eigenvalue weighted by atomic mass is 10.2. The summed E-state index contributed by atoms with van der Waals surface area (Å²) in [5.74, 6) is -4.01. The summed E-state index contributed by atoms with van der Waals surface area (Å²) in [5.41, 5.74) is 7.46. The number of hydrogen-bond donors (Lipinski definition) is 4. The summed E-state index contributed by atoms with van der Waals surface area (Å²) in [6.07, 6.45) is 0. The van der Waals surface area contributed by atoms with E-state index < -0.39 is 23.7 Å². The van der Waals surface area contributed by atoms with Crippen molar-refractivity contribution in [3.8, 4) is 0 Å². The Hall–Kier alpha value is -4.08. The average molecular weight is 355 g/mol. The highest BCUT2D eigenvalue weighted by Crippen LogP contribution is 2.19. The summed E-state index contributed by atoms with van der Waals surface area (Å²) >= 11 is 0. The van der Waals surface area contributed by atoms with E-state index in [1.807, 2.05) is 0 Å². The maximum Gasteiger partial charge on any atom is 0.337 e. The largest absolute Gasteiger partial charge is 0.478 e. The molecule has 0 unspecified atom stereocenters. The van der Waals surface area contributed by atoms with Crippen molar-refractivity contribution < 1.29 is 24.6 Å². The number of primary amides is 1. The number of nitrogens with one attached hydrogen (secondary N) is 1. The molecule has 0 bridgehead atoms. The molecule has 2 aromatic rings. The highest BCUT2D eigenvalue weighted by molar-refractivity contribution is 6.37. The smallest absolute Gasteiger partial charge is 0.337 e. The van der Waals surface area contributed by atoms with Gasteiger partial charge in [0, 0.05) is 0 Å². The quantitative estimate of drug-likeness (QED) is 0.277. The number of carboxylic acids is 2. The molecule has 10 nitrogen and oxygen atoms in total. The molecule has 10 heteroatoms. The summed E-state index contributed by atoms with van der Waals surface area (Å²) in [6.45, 7) is 0. The Kier molecular flexibility index (Phi) is 5.72. The minimum Gasteiger partial charge on any atom is -0.478 e. The Balaban J connectivity index is 2.31. The van der Waals surface area contributed by atoms with Gasteiger partial charge in [0.15, 0.2) is 0 Å². The van der Waals surface area contributed by atoms with Gasteiger partial charge in [0.2, 0.25) is 0 Å². The third-order valence-corrected chi connectivity index (χ3v) is 3.05. The van der Waals surface area contributed by atoms with Gasteiger partial charge in [-0.05, 0) is 24.3 Å². The molecule has 0 saturated heterocycles. The van der Waals surface area contributed by atoms with E-state index in [0.717, 1.165) is 0 Å². The van der Waals surface area contributed by atoms with E-state index in [0.29, 0.717) is 0 Å². The van der Waals surface area contributed by atoms with Gasteiger partial charge < -0.3 is 15.9 Å². The summed E-state index contributed by atoms with van der Waals surface area (Å²) in [5, 5.41) is 29.1. The lowest BCUT2D eigenvalue weighted by molar-refractivity contribution is -0.112. The van der Waals surface area contributed by atoms with E-state index in [1.54, 1.807) is 12.1 Å². The van der Waals surface area contributed by atoms with Crippen LogP contribution in [0.5, 0.6) is 0 Å². The highest BCUT2D eigenvalue weighted by atomic mass is 16.4. The van der Waals surface area contributed by atoms with Gasteiger partial charge in [-0.1, -0.05) is 24.3 Å². The van der Waals surface area contributed by atoms with Crippen molar-refractivity contribution in [3.05, 3.63) is 59.7 Å². The molecule has 0 spiro atoms. The zero-order valence-electron chi connectivity index (χ0n) is 13.2. The summed E-state index contributed by atoms with van der Waals surface area (Å²) in [4.78, 5) is 33.7. The Morgan fingerprint density at radius 3 is 2.08 bits per heavy atom. The number of carbonyl (C=O) groups excluding carboxylic acids is 1. The number of nitrogens with two attached hydrogens (primary N) is 1. The lowest BCUT2D eigenvalue weighted by Gasteiger charge is -2.04. The van der Waals surface area contributed by atoms with Crippen LogP contribution >= 0.6 is 0 Å². The van der Waals surface area contributed by atoms with E-state index in [4.69, 9.17) is 15.9 Å². The van der Waals surface area contributed by atoms with Gasteiger partial charge >= 0.3 is 11.9 Å². The van der Waals surface area contributed by atoms with Crippen LogP contribution in [-0.2, 0) is 4.79 Å². The summed E-state index contributed by atoms with van der Waals surface area (Å²) < 4.78 is 0. The van der Waals surface area contributed by atoms with Crippen molar-refractivity contribution >= 4 is 35.1 Å². The molecule has 2 rings (SSSR count). The first kappa shape index (κ1) is 18.3.